The quantitative estimate of drug-likeness (QED) is 0.854. The molecule has 0 spiro atoms. The summed E-state index contributed by atoms with van der Waals surface area (Å²) >= 11 is 0. The molecule has 0 bridgehead atoms. The molecule has 1 aliphatic heterocycles. The van der Waals surface area contributed by atoms with Gasteiger partial charge in [-0.2, -0.15) is 0 Å². The molecule has 0 unspecified atom stereocenters. The lowest BCUT2D eigenvalue weighted by molar-refractivity contribution is -0.122. The Labute approximate surface area is 107 Å². The molecular formula is C16H15NO. The number of hydrogen-bond donors (Lipinski definition) is 1. The Kier molecular flexibility index (Phi) is 2.63. The summed E-state index contributed by atoms with van der Waals surface area (Å²) < 4.78 is 0. The van der Waals surface area contributed by atoms with Gasteiger partial charge in [0.15, 0.2) is 0 Å². The third-order valence-electron chi connectivity index (χ3n) is 3.71. The number of hydrogen-bond acceptors (Lipinski definition) is 1. The van der Waals surface area contributed by atoms with Crippen molar-refractivity contribution in [3.63, 3.8) is 0 Å². The van der Waals surface area contributed by atoms with Crippen LogP contribution in [0.5, 0.6) is 0 Å². The van der Waals surface area contributed by atoms with Gasteiger partial charge in [-0.3, -0.25) is 4.79 Å². The van der Waals surface area contributed by atoms with Gasteiger partial charge in [0.1, 0.15) is 5.41 Å². The molecule has 1 N–H and O–H groups in total. The lowest BCUT2D eigenvalue weighted by Crippen LogP contribution is -2.36. The van der Waals surface area contributed by atoms with Crippen LogP contribution in [0, 0.1) is 0 Å². The molecule has 2 nitrogen and oxygen atoms in total. The first-order valence-corrected chi connectivity index (χ1v) is 6.23. The van der Waals surface area contributed by atoms with Gasteiger partial charge in [-0.25, -0.2) is 0 Å². The molecule has 90 valence electrons. The predicted octanol–water partition coefficient (Wildman–Crippen LogP) is 2.49. The fraction of sp³-hybridized carbons (Fsp3) is 0.188. The Morgan fingerprint density at radius 1 is 0.833 bits per heavy atom. The number of benzene rings is 2. The minimum Gasteiger partial charge on any atom is -0.355 e. The van der Waals surface area contributed by atoms with Gasteiger partial charge in [0.2, 0.25) is 5.91 Å². The zero-order chi connectivity index (χ0) is 12.4. The Morgan fingerprint density at radius 2 is 1.33 bits per heavy atom. The molecule has 0 saturated carbocycles. The molecule has 1 fully saturated rings. The van der Waals surface area contributed by atoms with Crippen LogP contribution in [0.4, 0.5) is 0 Å². The van der Waals surface area contributed by atoms with E-state index in [1.54, 1.807) is 0 Å². The van der Waals surface area contributed by atoms with Crippen molar-refractivity contribution in [2.24, 2.45) is 0 Å². The highest BCUT2D eigenvalue weighted by atomic mass is 16.2. The molecule has 0 aromatic heterocycles. The minimum atomic E-state index is -0.511. The fourth-order valence-corrected chi connectivity index (χ4v) is 2.79. The molecule has 2 aromatic carbocycles. The Bertz CT molecular complexity index is 508. The Morgan fingerprint density at radius 3 is 1.72 bits per heavy atom. The lowest BCUT2D eigenvalue weighted by atomic mass is 9.73. The van der Waals surface area contributed by atoms with Gasteiger partial charge in [0.25, 0.3) is 0 Å². The third-order valence-corrected chi connectivity index (χ3v) is 3.71. The second-order valence-corrected chi connectivity index (χ2v) is 4.64. The topological polar surface area (TPSA) is 29.1 Å². The van der Waals surface area contributed by atoms with E-state index in [9.17, 15) is 4.79 Å². The van der Waals surface area contributed by atoms with Gasteiger partial charge in [0, 0.05) is 6.54 Å². The summed E-state index contributed by atoms with van der Waals surface area (Å²) in [4.78, 5) is 12.4. The van der Waals surface area contributed by atoms with Crippen molar-refractivity contribution >= 4 is 5.91 Å². The smallest absolute Gasteiger partial charge is 0.235 e. The molecule has 1 saturated heterocycles. The SMILES string of the molecule is O=C1NCCC1(c1ccccc1)c1ccccc1. The molecule has 3 rings (SSSR count). The first-order chi connectivity index (χ1) is 8.84. The van der Waals surface area contributed by atoms with E-state index in [1.165, 1.54) is 0 Å². The summed E-state index contributed by atoms with van der Waals surface area (Å²) in [6.07, 6.45) is 0.819. The minimum absolute atomic E-state index is 0.111. The molecule has 0 atom stereocenters. The molecule has 1 heterocycles. The zero-order valence-electron chi connectivity index (χ0n) is 10.1. The molecule has 2 aromatic rings. The van der Waals surface area contributed by atoms with Gasteiger partial charge >= 0.3 is 0 Å². The average molecular weight is 237 g/mol. The molecule has 1 amide bonds. The average Bonchev–Trinajstić information content (AvgIpc) is 2.84. The van der Waals surface area contributed by atoms with E-state index in [1.807, 2.05) is 60.7 Å². The van der Waals surface area contributed by atoms with Crippen LogP contribution in [0.15, 0.2) is 60.7 Å². The fourth-order valence-electron chi connectivity index (χ4n) is 2.79. The molecule has 2 heteroatoms. The highest BCUT2D eigenvalue weighted by Crippen LogP contribution is 2.38. The zero-order valence-corrected chi connectivity index (χ0v) is 10.1. The standard InChI is InChI=1S/C16H15NO/c18-15-16(11-12-17-15,13-7-3-1-4-8-13)14-9-5-2-6-10-14/h1-10H,11-12H2,(H,17,18). The molecule has 1 aliphatic rings. The largest absolute Gasteiger partial charge is 0.355 e. The second kappa shape index (κ2) is 4.30. The van der Waals surface area contributed by atoms with E-state index in [0.717, 1.165) is 24.1 Å². The summed E-state index contributed by atoms with van der Waals surface area (Å²) in [6.45, 7) is 0.739. The first-order valence-electron chi connectivity index (χ1n) is 6.23. The van der Waals surface area contributed by atoms with E-state index in [0.29, 0.717) is 0 Å². The first kappa shape index (κ1) is 11.0. The number of rotatable bonds is 2. The van der Waals surface area contributed by atoms with Gasteiger partial charge in [-0.15, -0.1) is 0 Å². The van der Waals surface area contributed by atoms with E-state index < -0.39 is 5.41 Å². The Balaban J connectivity index is 2.20. The maximum absolute atomic E-state index is 12.4. The van der Waals surface area contributed by atoms with Crippen LogP contribution in [-0.4, -0.2) is 12.5 Å². The maximum Gasteiger partial charge on any atom is 0.235 e. The number of carbonyl (C=O) groups excluding carboxylic acids is 1. The van der Waals surface area contributed by atoms with E-state index in [-0.39, 0.29) is 5.91 Å². The number of carbonyl (C=O) groups is 1. The van der Waals surface area contributed by atoms with Crippen LogP contribution < -0.4 is 5.32 Å². The third kappa shape index (κ3) is 1.53. The van der Waals surface area contributed by atoms with Crippen molar-refractivity contribution in [3.05, 3.63) is 71.8 Å². The van der Waals surface area contributed by atoms with Crippen LogP contribution in [0.2, 0.25) is 0 Å². The van der Waals surface area contributed by atoms with Gasteiger partial charge in [0.05, 0.1) is 0 Å². The lowest BCUT2D eigenvalue weighted by Gasteiger charge is -2.27. The van der Waals surface area contributed by atoms with Crippen molar-refractivity contribution in [2.75, 3.05) is 6.54 Å². The van der Waals surface area contributed by atoms with E-state index in [2.05, 4.69) is 5.32 Å². The molecule has 0 radical (unpaired) electrons. The van der Waals surface area contributed by atoms with E-state index >= 15 is 0 Å². The summed E-state index contributed by atoms with van der Waals surface area (Å²) in [7, 11) is 0. The molecule has 18 heavy (non-hydrogen) atoms. The maximum atomic E-state index is 12.4. The van der Waals surface area contributed by atoms with Crippen molar-refractivity contribution in [1.29, 1.82) is 0 Å². The summed E-state index contributed by atoms with van der Waals surface area (Å²) in [5, 5.41) is 2.97. The summed E-state index contributed by atoms with van der Waals surface area (Å²) in [6, 6.07) is 20.1. The van der Waals surface area contributed by atoms with Crippen LogP contribution >= 0.6 is 0 Å². The van der Waals surface area contributed by atoms with Crippen LogP contribution in [0.25, 0.3) is 0 Å². The predicted molar refractivity (Wildman–Crippen MR) is 71.3 cm³/mol. The molecule has 0 aliphatic carbocycles. The normalized spacial score (nSPS) is 17.4. The van der Waals surface area contributed by atoms with Gasteiger partial charge in [-0.1, -0.05) is 60.7 Å². The van der Waals surface area contributed by atoms with Crippen molar-refractivity contribution < 1.29 is 4.79 Å². The van der Waals surface area contributed by atoms with Gasteiger partial charge < -0.3 is 5.32 Å². The van der Waals surface area contributed by atoms with Crippen LogP contribution in [0.3, 0.4) is 0 Å². The highest BCUT2D eigenvalue weighted by Gasteiger charge is 2.45. The monoisotopic (exact) mass is 237 g/mol. The number of nitrogens with one attached hydrogen (secondary N) is 1. The molecular weight excluding hydrogens is 222 g/mol. The van der Waals surface area contributed by atoms with Gasteiger partial charge in [-0.05, 0) is 17.5 Å². The second-order valence-electron chi connectivity index (χ2n) is 4.64. The van der Waals surface area contributed by atoms with Crippen molar-refractivity contribution in [1.82, 2.24) is 5.32 Å². The van der Waals surface area contributed by atoms with Crippen LogP contribution in [0.1, 0.15) is 17.5 Å². The Hall–Kier alpha value is -2.09. The van der Waals surface area contributed by atoms with Crippen LogP contribution in [-0.2, 0) is 10.2 Å². The number of amides is 1. The van der Waals surface area contributed by atoms with Crippen molar-refractivity contribution in [2.45, 2.75) is 11.8 Å². The summed E-state index contributed by atoms with van der Waals surface area (Å²) in [5.41, 5.74) is 1.64. The highest BCUT2D eigenvalue weighted by molar-refractivity contribution is 5.94. The van der Waals surface area contributed by atoms with E-state index in [4.69, 9.17) is 0 Å². The van der Waals surface area contributed by atoms with Crippen molar-refractivity contribution in [3.8, 4) is 0 Å². The summed E-state index contributed by atoms with van der Waals surface area (Å²) in [5.74, 6) is 0.111.